The molecule has 0 radical (unpaired) electrons. The maximum absolute atomic E-state index is 11.3. The number of carbonyl (C=O) groups excluding carboxylic acids is 1. The predicted octanol–water partition coefficient (Wildman–Crippen LogP) is 0.113. The lowest BCUT2D eigenvalue weighted by Gasteiger charge is -2.09. The molecule has 0 aromatic heterocycles. The average Bonchev–Trinajstić information content (AvgIpc) is 2.37. The molecule has 6 heteroatoms. The topological polar surface area (TPSA) is 102 Å². The van der Waals surface area contributed by atoms with E-state index in [1.807, 2.05) is 6.92 Å². The fraction of sp³-hybridized carbons (Fsp3) is 0.333. The van der Waals surface area contributed by atoms with Crippen molar-refractivity contribution >= 4 is 11.9 Å². The van der Waals surface area contributed by atoms with Crippen LogP contribution in [-0.2, 0) is 16.1 Å². The molecule has 0 aliphatic heterocycles. The summed E-state index contributed by atoms with van der Waals surface area (Å²) < 4.78 is 5.27. The van der Waals surface area contributed by atoms with Crippen LogP contribution in [0.5, 0.6) is 5.75 Å². The highest BCUT2D eigenvalue weighted by atomic mass is 16.5. The fourth-order valence-electron chi connectivity index (χ4n) is 1.28. The molecule has 1 rings (SSSR count). The summed E-state index contributed by atoms with van der Waals surface area (Å²) in [6, 6.07) is 5.60. The van der Waals surface area contributed by atoms with Gasteiger partial charge in [0.25, 0.3) is 0 Å². The number of ether oxygens (including phenoxy) is 1. The molecule has 1 aromatic carbocycles. The van der Waals surface area contributed by atoms with E-state index in [0.29, 0.717) is 6.61 Å². The predicted molar refractivity (Wildman–Crippen MR) is 65.1 cm³/mol. The maximum atomic E-state index is 11.3. The van der Waals surface area contributed by atoms with Crippen molar-refractivity contribution in [3.05, 3.63) is 29.8 Å². The van der Waals surface area contributed by atoms with E-state index in [4.69, 9.17) is 15.6 Å². The first-order valence-electron chi connectivity index (χ1n) is 5.52. The lowest BCUT2D eigenvalue weighted by atomic mass is 10.2. The van der Waals surface area contributed by atoms with Crippen molar-refractivity contribution in [1.82, 2.24) is 5.32 Å². The molecule has 1 atom stereocenters. The zero-order valence-corrected chi connectivity index (χ0v) is 10.1. The third-order valence-corrected chi connectivity index (χ3v) is 2.25. The van der Waals surface area contributed by atoms with Gasteiger partial charge >= 0.3 is 5.97 Å². The third kappa shape index (κ3) is 4.06. The summed E-state index contributed by atoms with van der Waals surface area (Å²) in [6.07, 6.45) is 0. The van der Waals surface area contributed by atoms with E-state index in [0.717, 1.165) is 11.3 Å². The molecule has 0 heterocycles. The van der Waals surface area contributed by atoms with Crippen molar-refractivity contribution < 1.29 is 19.4 Å². The molecule has 0 aliphatic carbocycles. The molecule has 0 bridgehead atoms. The standard InChI is InChI=1S/C12H16N2O4/c1-2-18-9-5-3-8(4-6-9)7-14-11(15)10(13)12(16)17/h3-6,10H,2,7,13H2,1H3,(H,14,15)(H,16,17). The van der Waals surface area contributed by atoms with Crippen molar-refractivity contribution in [2.45, 2.75) is 19.5 Å². The average molecular weight is 252 g/mol. The number of carbonyl (C=O) groups is 2. The Morgan fingerprint density at radius 3 is 2.50 bits per heavy atom. The number of aliphatic carboxylic acids is 1. The summed E-state index contributed by atoms with van der Waals surface area (Å²) in [4.78, 5) is 21.8. The van der Waals surface area contributed by atoms with Crippen molar-refractivity contribution in [2.24, 2.45) is 5.73 Å². The Morgan fingerprint density at radius 2 is 2.00 bits per heavy atom. The molecule has 0 aliphatic rings. The van der Waals surface area contributed by atoms with Crippen LogP contribution in [0.4, 0.5) is 0 Å². The lowest BCUT2D eigenvalue weighted by molar-refractivity contribution is -0.142. The number of nitrogens with two attached hydrogens (primary N) is 1. The number of benzene rings is 1. The van der Waals surface area contributed by atoms with Crippen LogP contribution in [0.15, 0.2) is 24.3 Å². The van der Waals surface area contributed by atoms with Gasteiger partial charge in [0, 0.05) is 6.54 Å². The molecular formula is C12H16N2O4. The Hall–Kier alpha value is -2.08. The van der Waals surface area contributed by atoms with Crippen LogP contribution >= 0.6 is 0 Å². The van der Waals surface area contributed by atoms with Crippen LogP contribution in [-0.4, -0.2) is 29.6 Å². The molecular weight excluding hydrogens is 236 g/mol. The van der Waals surface area contributed by atoms with Gasteiger partial charge in [-0.1, -0.05) is 12.1 Å². The zero-order chi connectivity index (χ0) is 13.5. The molecule has 18 heavy (non-hydrogen) atoms. The van der Waals surface area contributed by atoms with Crippen molar-refractivity contribution in [1.29, 1.82) is 0 Å². The maximum Gasteiger partial charge on any atom is 0.330 e. The molecule has 4 N–H and O–H groups in total. The Labute approximate surface area is 105 Å². The normalized spacial score (nSPS) is 11.7. The number of carboxylic acid groups (broad SMARTS) is 1. The van der Waals surface area contributed by atoms with Crippen molar-refractivity contribution in [3.63, 3.8) is 0 Å². The van der Waals surface area contributed by atoms with Gasteiger partial charge in [-0.05, 0) is 24.6 Å². The van der Waals surface area contributed by atoms with Gasteiger partial charge in [-0.3, -0.25) is 4.79 Å². The summed E-state index contributed by atoms with van der Waals surface area (Å²) in [5.74, 6) is -1.31. The summed E-state index contributed by atoms with van der Waals surface area (Å²) >= 11 is 0. The minimum Gasteiger partial charge on any atom is -0.494 e. The molecule has 6 nitrogen and oxygen atoms in total. The van der Waals surface area contributed by atoms with Crippen LogP contribution in [0.2, 0.25) is 0 Å². The minimum atomic E-state index is -1.53. The largest absolute Gasteiger partial charge is 0.494 e. The Bertz CT molecular complexity index is 417. The first-order valence-corrected chi connectivity index (χ1v) is 5.52. The van der Waals surface area contributed by atoms with Crippen molar-refractivity contribution in [2.75, 3.05) is 6.61 Å². The van der Waals surface area contributed by atoms with Gasteiger partial charge in [0.15, 0.2) is 6.04 Å². The van der Waals surface area contributed by atoms with Gasteiger partial charge in [-0.2, -0.15) is 0 Å². The number of hydrogen-bond acceptors (Lipinski definition) is 4. The molecule has 0 saturated heterocycles. The number of nitrogens with one attached hydrogen (secondary N) is 1. The van der Waals surface area contributed by atoms with Crippen LogP contribution in [0.25, 0.3) is 0 Å². The van der Waals surface area contributed by atoms with E-state index in [1.54, 1.807) is 24.3 Å². The molecule has 0 saturated carbocycles. The third-order valence-electron chi connectivity index (χ3n) is 2.25. The van der Waals surface area contributed by atoms with E-state index in [2.05, 4.69) is 5.32 Å². The summed E-state index contributed by atoms with van der Waals surface area (Å²) in [6.45, 7) is 2.71. The van der Waals surface area contributed by atoms with Crippen LogP contribution in [0.3, 0.4) is 0 Å². The second kappa shape index (κ2) is 6.61. The SMILES string of the molecule is CCOc1ccc(CNC(=O)C(N)C(=O)O)cc1. The van der Waals surface area contributed by atoms with E-state index in [1.165, 1.54) is 0 Å². The van der Waals surface area contributed by atoms with Gasteiger partial charge in [0.05, 0.1) is 6.61 Å². The van der Waals surface area contributed by atoms with E-state index in [9.17, 15) is 9.59 Å². The Morgan fingerprint density at radius 1 is 1.39 bits per heavy atom. The van der Waals surface area contributed by atoms with E-state index < -0.39 is 17.9 Å². The summed E-state index contributed by atoms with van der Waals surface area (Å²) in [5.41, 5.74) is 5.99. The second-order valence-electron chi connectivity index (χ2n) is 3.61. The second-order valence-corrected chi connectivity index (χ2v) is 3.61. The Kier molecular flexibility index (Phi) is 5.13. The number of amides is 1. The smallest absolute Gasteiger partial charge is 0.330 e. The lowest BCUT2D eigenvalue weighted by Crippen LogP contribution is -2.45. The van der Waals surface area contributed by atoms with Crippen LogP contribution in [0, 0.1) is 0 Å². The molecule has 1 unspecified atom stereocenters. The molecule has 1 amide bonds. The Balaban J connectivity index is 2.48. The molecule has 98 valence electrons. The molecule has 1 aromatic rings. The van der Waals surface area contributed by atoms with E-state index in [-0.39, 0.29) is 6.54 Å². The zero-order valence-electron chi connectivity index (χ0n) is 10.1. The number of carboxylic acids is 1. The highest BCUT2D eigenvalue weighted by Gasteiger charge is 2.20. The van der Waals surface area contributed by atoms with Gasteiger partial charge < -0.3 is 20.9 Å². The minimum absolute atomic E-state index is 0.228. The van der Waals surface area contributed by atoms with E-state index >= 15 is 0 Å². The highest BCUT2D eigenvalue weighted by molar-refractivity contribution is 6.00. The van der Waals surface area contributed by atoms with Gasteiger partial charge in [-0.15, -0.1) is 0 Å². The van der Waals surface area contributed by atoms with Crippen molar-refractivity contribution in [3.8, 4) is 5.75 Å². The van der Waals surface area contributed by atoms with Gasteiger partial charge in [0.1, 0.15) is 5.75 Å². The number of hydrogen-bond donors (Lipinski definition) is 3. The first-order chi connectivity index (χ1) is 8.54. The first kappa shape index (κ1) is 14.0. The molecule has 0 spiro atoms. The summed E-state index contributed by atoms with van der Waals surface area (Å²) in [7, 11) is 0. The van der Waals surface area contributed by atoms with Gasteiger partial charge in [-0.25, -0.2) is 4.79 Å². The monoisotopic (exact) mass is 252 g/mol. The fourth-order valence-corrected chi connectivity index (χ4v) is 1.28. The highest BCUT2D eigenvalue weighted by Crippen LogP contribution is 2.11. The molecule has 0 fully saturated rings. The van der Waals surface area contributed by atoms with Gasteiger partial charge in [0.2, 0.25) is 5.91 Å². The summed E-state index contributed by atoms with van der Waals surface area (Å²) in [5, 5.41) is 11.0. The number of rotatable bonds is 6. The van der Waals surface area contributed by atoms with Crippen LogP contribution < -0.4 is 15.8 Å². The quantitative estimate of drug-likeness (QED) is 0.624. The van der Waals surface area contributed by atoms with Crippen LogP contribution in [0.1, 0.15) is 12.5 Å².